The van der Waals surface area contributed by atoms with Gasteiger partial charge < -0.3 is 9.84 Å². The standard InChI is InChI=1S/C14H10BrClF2O2/c1-20-13-3-2-7(16)4-9(13)14(19)8-5-12(18)10(15)6-11(8)17/h2-6,14,19H,1H3. The van der Waals surface area contributed by atoms with Crippen molar-refractivity contribution < 1.29 is 18.6 Å². The van der Waals surface area contributed by atoms with Crippen molar-refractivity contribution in [1.82, 2.24) is 0 Å². The lowest BCUT2D eigenvalue weighted by molar-refractivity contribution is 0.209. The van der Waals surface area contributed by atoms with Gasteiger partial charge in [0.1, 0.15) is 23.5 Å². The lowest BCUT2D eigenvalue weighted by atomic mass is 10.00. The minimum Gasteiger partial charge on any atom is -0.496 e. The molecule has 0 saturated heterocycles. The predicted molar refractivity (Wildman–Crippen MR) is 76.1 cm³/mol. The first-order chi connectivity index (χ1) is 9.43. The van der Waals surface area contributed by atoms with Crippen LogP contribution in [0.25, 0.3) is 0 Å². The second-order valence-corrected chi connectivity index (χ2v) is 5.37. The summed E-state index contributed by atoms with van der Waals surface area (Å²) in [4.78, 5) is 0. The van der Waals surface area contributed by atoms with E-state index in [0.717, 1.165) is 12.1 Å². The van der Waals surface area contributed by atoms with E-state index in [1.807, 2.05) is 0 Å². The monoisotopic (exact) mass is 362 g/mol. The van der Waals surface area contributed by atoms with E-state index in [4.69, 9.17) is 16.3 Å². The van der Waals surface area contributed by atoms with Crippen LogP contribution in [-0.2, 0) is 0 Å². The molecule has 6 heteroatoms. The summed E-state index contributed by atoms with van der Waals surface area (Å²) in [5.41, 5.74) is 0.0758. The summed E-state index contributed by atoms with van der Waals surface area (Å²) < 4.78 is 32.5. The molecule has 1 unspecified atom stereocenters. The summed E-state index contributed by atoms with van der Waals surface area (Å²) in [7, 11) is 1.41. The normalized spacial score (nSPS) is 12.3. The fourth-order valence-corrected chi connectivity index (χ4v) is 2.33. The lowest BCUT2D eigenvalue weighted by Crippen LogP contribution is -2.06. The van der Waals surface area contributed by atoms with Gasteiger partial charge >= 0.3 is 0 Å². The minimum absolute atomic E-state index is 0.0102. The van der Waals surface area contributed by atoms with Crippen LogP contribution in [0.5, 0.6) is 5.75 Å². The van der Waals surface area contributed by atoms with Crippen LogP contribution in [0.3, 0.4) is 0 Å². The molecule has 0 aliphatic rings. The molecule has 1 N–H and O–H groups in total. The third kappa shape index (κ3) is 2.95. The maximum absolute atomic E-state index is 13.9. The minimum atomic E-state index is -1.38. The molecule has 0 spiro atoms. The highest BCUT2D eigenvalue weighted by atomic mass is 79.9. The van der Waals surface area contributed by atoms with Gasteiger partial charge in [-0.2, -0.15) is 0 Å². The third-order valence-electron chi connectivity index (χ3n) is 2.82. The maximum atomic E-state index is 13.9. The molecule has 0 fully saturated rings. The van der Waals surface area contributed by atoms with Gasteiger partial charge in [0, 0.05) is 16.1 Å². The van der Waals surface area contributed by atoms with Gasteiger partial charge in [-0.25, -0.2) is 8.78 Å². The van der Waals surface area contributed by atoms with E-state index in [1.165, 1.54) is 13.2 Å². The lowest BCUT2D eigenvalue weighted by Gasteiger charge is -2.16. The number of rotatable bonds is 3. The average Bonchev–Trinajstić information content (AvgIpc) is 2.42. The van der Waals surface area contributed by atoms with E-state index in [0.29, 0.717) is 10.8 Å². The van der Waals surface area contributed by atoms with Gasteiger partial charge in [0.2, 0.25) is 0 Å². The zero-order chi connectivity index (χ0) is 14.9. The molecule has 0 aromatic heterocycles. The van der Waals surface area contributed by atoms with Crippen molar-refractivity contribution in [2.24, 2.45) is 0 Å². The number of ether oxygens (including phenoxy) is 1. The van der Waals surface area contributed by atoms with Gasteiger partial charge in [-0.15, -0.1) is 0 Å². The summed E-state index contributed by atoms with van der Waals surface area (Å²) in [6.45, 7) is 0. The largest absolute Gasteiger partial charge is 0.496 e. The highest BCUT2D eigenvalue weighted by molar-refractivity contribution is 9.10. The van der Waals surface area contributed by atoms with Crippen LogP contribution < -0.4 is 4.74 Å². The van der Waals surface area contributed by atoms with Crippen molar-refractivity contribution in [3.05, 3.63) is 62.6 Å². The van der Waals surface area contributed by atoms with Gasteiger partial charge in [-0.05, 0) is 46.3 Å². The van der Waals surface area contributed by atoms with Crippen LogP contribution >= 0.6 is 27.5 Å². The Kier molecular flexibility index (Phi) is 4.62. The predicted octanol–water partition coefficient (Wildman–Crippen LogP) is 4.47. The second-order valence-electron chi connectivity index (χ2n) is 4.08. The molecular weight excluding hydrogens is 354 g/mol. The average molecular weight is 364 g/mol. The fraction of sp³-hybridized carbons (Fsp3) is 0.143. The summed E-state index contributed by atoms with van der Waals surface area (Å²) in [6.07, 6.45) is -1.38. The Bertz CT molecular complexity index is 649. The zero-order valence-electron chi connectivity index (χ0n) is 10.3. The Labute approximate surface area is 128 Å². The van der Waals surface area contributed by atoms with Gasteiger partial charge in [0.15, 0.2) is 0 Å². The number of methoxy groups -OCH3 is 1. The maximum Gasteiger partial charge on any atom is 0.137 e. The van der Waals surface area contributed by atoms with Crippen LogP contribution in [0.15, 0.2) is 34.8 Å². The Balaban J connectivity index is 2.54. The summed E-state index contributed by atoms with van der Waals surface area (Å²) in [5.74, 6) is -1.06. The fourth-order valence-electron chi connectivity index (χ4n) is 1.83. The van der Waals surface area contributed by atoms with Crippen LogP contribution in [0, 0.1) is 11.6 Å². The number of halogens is 4. The van der Waals surface area contributed by atoms with Gasteiger partial charge in [0.05, 0.1) is 11.6 Å². The van der Waals surface area contributed by atoms with Crippen molar-refractivity contribution in [3.63, 3.8) is 0 Å². The molecule has 2 aromatic carbocycles. The molecule has 0 heterocycles. The molecule has 106 valence electrons. The van der Waals surface area contributed by atoms with Gasteiger partial charge in [-0.1, -0.05) is 11.6 Å². The van der Waals surface area contributed by atoms with E-state index in [9.17, 15) is 13.9 Å². The highest BCUT2D eigenvalue weighted by Gasteiger charge is 2.21. The molecular formula is C14H10BrClF2O2. The van der Waals surface area contributed by atoms with Crippen LogP contribution in [0.2, 0.25) is 5.02 Å². The molecule has 2 nitrogen and oxygen atoms in total. The number of aliphatic hydroxyl groups excluding tert-OH is 1. The summed E-state index contributed by atoms with van der Waals surface area (Å²) >= 11 is 8.74. The first-order valence-corrected chi connectivity index (χ1v) is 6.77. The van der Waals surface area contributed by atoms with Gasteiger partial charge in [-0.3, -0.25) is 0 Å². The van der Waals surface area contributed by atoms with E-state index in [2.05, 4.69) is 15.9 Å². The molecule has 0 bridgehead atoms. The highest BCUT2D eigenvalue weighted by Crippen LogP contribution is 2.34. The Morgan fingerprint density at radius 2 is 1.85 bits per heavy atom. The summed E-state index contributed by atoms with van der Waals surface area (Å²) in [6, 6.07) is 6.48. The molecule has 2 aromatic rings. The molecule has 2 rings (SSSR count). The Morgan fingerprint density at radius 1 is 1.15 bits per heavy atom. The van der Waals surface area contributed by atoms with Crippen molar-refractivity contribution >= 4 is 27.5 Å². The SMILES string of the molecule is COc1ccc(Cl)cc1C(O)c1cc(F)c(Br)cc1F. The number of hydrogen-bond donors (Lipinski definition) is 1. The third-order valence-corrected chi connectivity index (χ3v) is 3.66. The Morgan fingerprint density at radius 3 is 2.50 bits per heavy atom. The quantitative estimate of drug-likeness (QED) is 0.815. The second kappa shape index (κ2) is 6.08. The van der Waals surface area contributed by atoms with Crippen molar-refractivity contribution in [1.29, 1.82) is 0 Å². The first-order valence-electron chi connectivity index (χ1n) is 5.60. The van der Waals surface area contributed by atoms with Crippen LogP contribution in [-0.4, -0.2) is 12.2 Å². The van der Waals surface area contributed by atoms with E-state index >= 15 is 0 Å². The Hall–Kier alpha value is -1.17. The number of benzene rings is 2. The summed E-state index contributed by atoms with van der Waals surface area (Å²) in [5, 5.41) is 10.6. The van der Waals surface area contributed by atoms with E-state index in [1.54, 1.807) is 12.1 Å². The number of hydrogen-bond acceptors (Lipinski definition) is 2. The van der Waals surface area contributed by atoms with Crippen LogP contribution in [0.4, 0.5) is 8.78 Å². The van der Waals surface area contributed by atoms with Crippen molar-refractivity contribution in [2.75, 3.05) is 7.11 Å². The smallest absolute Gasteiger partial charge is 0.137 e. The molecule has 0 aliphatic heterocycles. The van der Waals surface area contributed by atoms with E-state index in [-0.39, 0.29) is 15.6 Å². The van der Waals surface area contributed by atoms with Crippen LogP contribution in [0.1, 0.15) is 17.2 Å². The van der Waals surface area contributed by atoms with Crippen molar-refractivity contribution in [2.45, 2.75) is 6.10 Å². The van der Waals surface area contributed by atoms with Gasteiger partial charge in [0.25, 0.3) is 0 Å². The molecule has 1 atom stereocenters. The first kappa shape index (κ1) is 15.2. The molecule has 0 aliphatic carbocycles. The molecule has 20 heavy (non-hydrogen) atoms. The molecule has 0 saturated carbocycles. The van der Waals surface area contributed by atoms with E-state index < -0.39 is 17.7 Å². The van der Waals surface area contributed by atoms with Crippen molar-refractivity contribution in [3.8, 4) is 5.75 Å². The number of aliphatic hydroxyl groups is 1. The topological polar surface area (TPSA) is 29.5 Å². The molecule has 0 amide bonds. The zero-order valence-corrected chi connectivity index (χ0v) is 12.7. The molecule has 0 radical (unpaired) electrons.